The van der Waals surface area contributed by atoms with Gasteiger partial charge in [-0.1, -0.05) is 19.1 Å². The van der Waals surface area contributed by atoms with Crippen molar-refractivity contribution in [3.8, 4) is 0 Å². The van der Waals surface area contributed by atoms with Gasteiger partial charge in [-0.25, -0.2) is 4.39 Å². The summed E-state index contributed by atoms with van der Waals surface area (Å²) in [5, 5.41) is 8.95. The minimum atomic E-state index is -0.952. The van der Waals surface area contributed by atoms with Gasteiger partial charge in [-0.05, 0) is 17.7 Å². The van der Waals surface area contributed by atoms with Crippen LogP contribution in [0.2, 0.25) is 0 Å². The van der Waals surface area contributed by atoms with Crippen LogP contribution in [-0.4, -0.2) is 48.7 Å². The van der Waals surface area contributed by atoms with E-state index in [0.29, 0.717) is 18.7 Å². The SMILES string of the molecule is COCCN(CC(C)C(=O)O)C(=O)Cc1ccc(F)cc1. The molecular weight excluding hydrogens is 277 g/mol. The number of benzene rings is 1. The molecule has 0 aliphatic heterocycles. The van der Waals surface area contributed by atoms with Crippen LogP contribution in [0.1, 0.15) is 12.5 Å². The normalized spacial score (nSPS) is 12.0. The van der Waals surface area contributed by atoms with Crippen molar-refractivity contribution in [2.24, 2.45) is 5.92 Å². The van der Waals surface area contributed by atoms with Gasteiger partial charge in [0.2, 0.25) is 5.91 Å². The van der Waals surface area contributed by atoms with E-state index in [4.69, 9.17) is 9.84 Å². The van der Waals surface area contributed by atoms with Crippen molar-refractivity contribution in [1.29, 1.82) is 0 Å². The number of carboxylic acid groups (broad SMARTS) is 1. The van der Waals surface area contributed by atoms with Crippen LogP contribution in [0.15, 0.2) is 24.3 Å². The lowest BCUT2D eigenvalue weighted by atomic mass is 10.1. The highest BCUT2D eigenvalue weighted by molar-refractivity contribution is 5.79. The third-order valence-electron chi connectivity index (χ3n) is 3.10. The number of rotatable bonds is 8. The van der Waals surface area contributed by atoms with E-state index in [1.165, 1.54) is 24.1 Å². The number of aliphatic carboxylic acids is 1. The monoisotopic (exact) mass is 297 g/mol. The lowest BCUT2D eigenvalue weighted by molar-refractivity contribution is -0.143. The van der Waals surface area contributed by atoms with Crippen LogP contribution in [0.3, 0.4) is 0 Å². The predicted octanol–water partition coefficient (Wildman–Crippen LogP) is 1.56. The molecule has 6 heteroatoms. The molecule has 0 aliphatic carbocycles. The number of methoxy groups -OCH3 is 1. The lowest BCUT2D eigenvalue weighted by Gasteiger charge is -2.24. The Morgan fingerprint density at radius 3 is 2.48 bits per heavy atom. The molecule has 116 valence electrons. The smallest absolute Gasteiger partial charge is 0.308 e. The summed E-state index contributed by atoms with van der Waals surface area (Å²) < 4.78 is 17.8. The van der Waals surface area contributed by atoms with Crippen molar-refractivity contribution < 1.29 is 23.8 Å². The highest BCUT2D eigenvalue weighted by Crippen LogP contribution is 2.08. The molecule has 5 nitrogen and oxygen atoms in total. The molecule has 0 spiro atoms. The second-order valence-corrected chi connectivity index (χ2v) is 4.88. The molecule has 21 heavy (non-hydrogen) atoms. The topological polar surface area (TPSA) is 66.8 Å². The fourth-order valence-corrected chi connectivity index (χ4v) is 1.82. The van der Waals surface area contributed by atoms with Gasteiger partial charge in [0.15, 0.2) is 0 Å². The molecule has 0 heterocycles. The molecule has 1 aromatic rings. The number of nitrogens with zero attached hydrogens (tertiary/aromatic N) is 1. The van der Waals surface area contributed by atoms with Gasteiger partial charge in [0.05, 0.1) is 18.9 Å². The maximum atomic E-state index is 12.8. The maximum absolute atomic E-state index is 12.8. The summed E-state index contributed by atoms with van der Waals surface area (Å²) in [6.45, 7) is 2.33. The third-order valence-corrected chi connectivity index (χ3v) is 3.10. The Hall–Kier alpha value is -1.95. The van der Waals surface area contributed by atoms with Gasteiger partial charge in [-0.2, -0.15) is 0 Å². The number of hydrogen-bond donors (Lipinski definition) is 1. The van der Waals surface area contributed by atoms with Crippen LogP contribution < -0.4 is 0 Å². The average Bonchev–Trinajstić information content (AvgIpc) is 2.45. The summed E-state index contributed by atoms with van der Waals surface area (Å²) >= 11 is 0. The highest BCUT2D eigenvalue weighted by Gasteiger charge is 2.20. The van der Waals surface area contributed by atoms with E-state index < -0.39 is 11.9 Å². The van der Waals surface area contributed by atoms with E-state index in [0.717, 1.165) is 0 Å². The largest absolute Gasteiger partial charge is 0.481 e. The molecule has 0 radical (unpaired) electrons. The fraction of sp³-hybridized carbons (Fsp3) is 0.467. The number of carbonyl (C=O) groups excluding carboxylic acids is 1. The molecular formula is C15H20FNO4. The quantitative estimate of drug-likeness (QED) is 0.791. The molecule has 1 amide bonds. The third kappa shape index (κ3) is 5.91. The molecule has 0 saturated heterocycles. The highest BCUT2D eigenvalue weighted by atomic mass is 19.1. The molecule has 1 N–H and O–H groups in total. The van der Waals surface area contributed by atoms with Crippen molar-refractivity contribution in [2.45, 2.75) is 13.3 Å². The first-order valence-corrected chi connectivity index (χ1v) is 6.68. The summed E-state index contributed by atoms with van der Waals surface area (Å²) in [7, 11) is 1.52. The first-order valence-electron chi connectivity index (χ1n) is 6.68. The molecule has 0 aromatic heterocycles. The zero-order chi connectivity index (χ0) is 15.8. The van der Waals surface area contributed by atoms with E-state index >= 15 is 0 Å². The van der Waals surface area contributed by atoms with Gasteiger partial charge in [0, 0.05) is 20.2 Å². The summed E-state index contributed by atoms with van der Waals surface area (Å²) in [5.74, 6) is -2.17. The molecule has 1 unspecified atom stereocenters. The molecule has 0 fully saturated rings. The van der Waals surface area contributed by atoms with Gasteiger partial charge in [-0.15, -0.1) is 0 Å². The molecule has 0 saturated carbocycles. The lowest BCUT2D eigenvalue weighted by Crippen LogP contribution is -2.39. The van der Waals surface area contributed by atoms with Crippen molar-refractivity contribution in [3.63, 3.8) is 0 Å². The van der Waals surface area contributed by atoms with Crippen LogP contribution in [0.4, 0.5) is 4.39 Å². The first kappa shape index (κ1) is 17.1. The molecule has 0 bridgehead atoms. The zero-order valence-electron chi connectivity index (χ0n) is 12.2. The van der Waals surface area contributed by atoms with Crippen molar-refractivity contribution in [2.75, 3.05) is 26.8 Å². The number of carbonyl (C=O) groups is 2. The Labute approximate surface area is 123 Å². The maximum Gasteiger partial charge on any atom is 0.308 e. The Balaban J connectivity index is 2.69. The van der Waals surface area contributed by atoms with Crippen molar-refractivity contribution in [3.05, 3.63) is 35.6 Å². The Bertz CT molecular complexity index is 475. The van der Waals surface area contributed by atoms with Gasteiger partial charge in [0.25, 0.3) is 0 Å². The van der Waals surface area contributed by atoms with E-state index in [1.807, 2.05) is 0 Å². The summed E-state index contributed by atoms with van der Waals surface area (Å²) in [5.41, 5.74) is 0.687. The van der Waals surface area contributed by atoms with E-state index in [-0.39, 0.29) is 24.7 Å². The molecule has 1 atom stereocenters. The predicted molar refractivity (Wildman–Crippen MR) is 75.4 cm³/mol. The zero-order valence-corrected chi connectivity index (χ0v) is 12.2. The van der Waals surface area contributed by atoms with Crippen LogP contribution in [0, 0.1) is 11.7 Å². The van der Waals surface area contributed by atoms with Crippen LogP contribution in [0.5, 0.6) is 0 Å². The molecule has 1 rings (SSSR count). The van der Waals surface area contributed by atoms with Crippen molar-refractivity contribution in [1.82, 2.24) is 4.90 Å². The minimum absolute atomic E-state index is 0.107. The Kier molecular flexibility index (Phi) is 6.81. The van der Waals surface area contributed by atoms with Gasteiger partial charge >= 0.3 is 5.97 Å². The number of ether oxygens (including phenoxy) is 1. The van der Waals surface area contributed by atoms with E-state index in [9.17, 15) is 14.0 Å². The van der Waals surface area contributed by atoms with Gasteiger partial charge < -0.3 is 14.7 Å². The first-order chi connectivity index (χ1) is 9.93. The average molecular weight is 297 g/mol. The Morgan fingerprint density at radius 2 is 1.95 bits per heavy atom. The van der Waals surface area contributed by atoms with Gasteiger partial charge in [0.1, 0.15) is 5.82 Å². The number of halogens is 1. The van der Waals surface area contributed by atoms with Gasteiger partial charge in [-0.3, -0.25) is 9.59 Å². The summed E-state index contributed by atoms with van der Waals surface area (Å²) in [6.07, 6.45) is 0.107. The van der Waals surface area contributed by atoms with Crippen LogP contribution in [-0.2, 0) is 20.7 Å². The van der Waals surface area contributed by atoms with E-state index in [2.05, 4.69) is 0 Å². The van der Waals surface area contributed by atoms with E-state index in [1.54, 1.807) is 19.1 Å². The van der Waals surface area contributed by atoms with Crippen LogP contribution in [0.25, 0.3) is 0 Å². The summed E-state index contributed by atoms with van der Waals surface area (Å²) in [4.78, 5) is 24.6. The second kappa shape index (κ2) is 8.36. The standard InChI is InChI=1S/C15H20FNO4/c1-11(15(19)20)10-17(7-8-21-2)14(18)9-12-3-5-13(16)6-4-12/h3-6,11H,7-10H2,1-2H3,(H,19,20). The Morgan fingerprint density at radius 1 is 1.33 bits per heavy atom. The second-order valence-electron chi connectivity index (χ2n) is 4.88. The molecule has 1 aromatic carbocycles. The molecule has 0 aliphatic rings. The minimum Gasteiger partial charge on any atom is -0.481 e. The fourth-order valence-electron chi connectivity index (χ4n) is 1.82. The summed E-state index contributed by atoms with van der Waals surface area (Å²) in [6, 6.07) is 5.68. The number of amides is 1. The van der Waals surface area contributed by atoms with Crippen molar-refractivity contribution >= 4 is 11.9 Å². The number of carboxylic acids is 1. The number of hydrogen-bond acceptors (Lipinski definition) is 3. The van der Waals surface area contributed by atoms with Crippen LogP contribution >= 0.6 is 0 Å².